The van der Waals surface area contributed by atoms with Crippen LogP contribution in [0.15, 0.2) is 55.0 Å². The van der Waals surface area contributed by atoms with Crippen LogP contribution in [0.4, 0.5) is 0 Å². The van der Waals surface area contributed by atoms with Crippen LogP contribution >= 0.6 is 0 Å². The summed E-state index contributed by atoms with van der Waals surface area (Å²) >= 11 is 0. The van der Waals surface area contributed by atoms with Crippen molar-refractivity contribution in [1.29, 1.82) is 0 Å². The molecule has 1 saturated heterocycles. The third kappa shape index (κ3) is 4.06. The summed E-state index contributed by atoms with van der Waals surface area (Å²) in [5, 5.41) is 3.60. The van der Waals surface area contributed by atoms with Crippen molar-refractivity contribution in [2.24, 2.45) is 5.92 Å². The van der Waals surface area contributed by atoms with Gasteiger partial charge in [-0.25, -0.2) is 15.4 Å². The van der Waals surface area contributed by atoms with Gasteiger partial charge < -0.3 is 10.1 Å². The van der Waals surface area contributed by atoms with E-state index < -0.39 is 0 Å². The summed E-state index contributed by atoms with van der Waals surface area (Å²) < 4.78 is 7.36. The highest BCUT2D eigenvalue weighted by molar-refractivity contribution is 5.32. The molecule has 0 aliphatic carbocycles. The molecule has 2 unspecified atom stereocenters. The number of nitrogens with one attached hydrogen (secondary N) is 3. The second-order valence-electron chi connectivity index (χ2n) is 7.04. The molecule has 1 aliphatic rings. The number of pyridine rings is 1. The quantitative estimate of drug-likeness (QED) is 0.585. The predicted octanol–water partition coefficient (Wildman–Crippen LogP) is 2.14. The van der Waals surface area contributed by atoms with Crippen LogP contribution in [-0.4, -0.2) is 34.7 Å². The largest absolute Gasteiger partial charge is 0.497 e. The van der Waals surface area contributed by atoms with Crippen molar-refractivity contribution >= 4 is 0 Å². The van der Waals surface area contributed by atoms with E-state index >= 15 is 0 Å². The van der Waals surface area contributed by atoms with Gasteiger partial charge in [-0.3, -0.25) is 9.99 Å². The number of rotatable bonds is 7. The second kappa shape index (κ2) is 8.52. The first-order chi connectivity index (χ1) is 13.7. The summed E-state index contributed by atoms with van der Waals surface area (Å²) in [6.45, 7) is 4.60. The molecule has 146 valence electrons. The summed E-state index contributed by atoms with van der Waals surface area (Å²) in [5.41, 5.74) is 9.12. The Morgan fingerprint density at radius 1 is 1.21 bits per heavy atom. The number of ether oxygens (including phenoxy) is 1. The zero-order valence-electron chi connectivity index (χ0n) is 16.2. The predicted molar refractivity (Wildman–Crippen MR) is 108 cm³/mol. The van der Waals surface area contributed by atoms with Gasteiger partial charge in [0.2, 0.25) is 0 Å². The zero-order valence-corrected chi connectivity index (χ0v) is 16.2. The van der Waals surface area contributed by atoms with Crippen LogP contribution in [0.25, 0.3) is 5.82 Å². The Hall–Kier alpha value is -2.74. The Labute approximate surface area is 165 Å². The van der Waals surface area contributed by atoms with Crippen molar-refractivity contribution in [1.82, 2.24) is 30.7 Å². The van der Waals surface area contributed by atoms with Gasteiger partial charge in [-0.05, 0) is 42.3 Å². The molecule has 28 heavy (non-hydrogen) atoms. The lowest BCUT2D eigenvalue weighted by Crippen LogP contribution is -2.28. The molecule has 3 heterocycles. The maximum Gasteiger partial charge on any atom is 0.138 e. The van der Waals surface area contributed by atoms with Gasteiger partial charge >= 0.3 is 0 Å². The van der Waals surface area contributed by atoms with Gasteiger partial charge in [0.25, 0.3) is 0 Å². The third-order valence-corrected chi connectivity index (χ3v) is 5.16. The maximum absolute atomic E-state index is 5.36. The van der Waals surface area contributed by atoms with Crippen molar-refractivity contribution in [2.75, 3.05) is 20.2 Å². The van der Waals surface area contributed by atoms with E-state index in [0.29, 0.717) is 5.92 Å². The molecule has 3 N–H and O–H groups in total. The van der Waals surface area contributed by atoms with Crippen LogP contribution in [-0.2, 0) is 6.54 Å². The van der Waals surface area contributed by atoms with E-state index in [1.54, 1.807) is 13.3 Å². The summed E-state index contributed by atoms with van der Waals surface area (Å²) in [7, 11) is 1.70. The van der Waals surface area contributed by atoms with Crippen LogP contribution in [0.5, 0.6) is 5.75 Å². The van der Waals surface area contributed by atoms with E-state index in [9.17, 15) is 0 Å². The lowest BCUT2D eigenvalue weighted by molar-refractivity contribution is 0.409. The van der Waals surface area contributed by atoms with Gasteiger partial charge in [0.15, 0.2) is 0 Å². The summed E-state index contributed by atoms with van der Waals surface area (Å²) in [6, 6.07) is 12.7. The second-order valence-corrected chi connectivity index (χ2v) is 7.04. The molecule has 4 rings (SSSR count). The van der Waals surface area contributed by atoms with Gasteiger partial charge in [0.05, 0.1) is 13.2 Å². The Morgan fingerprint density at radius 2 is 2.14 bits per heavy atom. The number of imidazole rings is 1. The molecule has 1 fully saturated rings. The highest BCUT2D eigenvalue weighted by Crippen LogP contribution is 2.27. The molecule has 0 bridgehead atoms. The standard InChI is InChI=1S/C21H26N6O/c1-15-23-8-9-27(15)20-10-16(6-7-24-20)12-22-13-18-14-25-26-21(18)17-4-3-5-19(11-17)28-2/h3-11,18,21-22,25-26H,12-14H2,1-2H3. The smallest absolute Gasteiger partial charge is 0.138 e. The molecule has 0 saturated carbocycles. The SMILES string of the molecule is COc1cccc(C2NNCC2CNCc2ccnc(-n3ccnc3C)c2)c1. The van der Waals surface area contributed by atoms with Crippen molar-refractivity contribution in [2.45, 2.75) is 19.5 Å². The van der Waals surface area contributed by atoms with Crippen molar-refractivity contribution in [3.63, 3.8) is 0 Å². The number of benzene rings is 1. The minimum Gasteiger partial charge on any atom is -0.497 e. The molecule has 3 aromatic rings. The summed E-state index contributed by atoms with van der Waals surface area (Å²) in [6.07, 6.45) is 5.58. The van der Waals surface area contributed by atoms with Crippen LogP contribution in [0.1, 0.15) is 23.0 Å². The van der Waals surface area contributed by atoms with Gasteiger partial charge in [-0.15, -0.1) is 0 Å². The Kier molecular flexibility index (Phi) is 5.66. The van der Waals surface area contributed by atoms with Crippen LogP contribution in [0.3, 0.4) is 0 Å². The van der Waals surface area contributed by atoms with Crippen LogP contribution in [0, 0.1) is 12.8 Å². The average molecular weight is 378 g/mol. The van der Waals surface area contributed by atoms with Gasteiger partial charge in [-0.1, -0.05) is 12.1 Å². The van der Waals surface area contributed by atoms with Gasteiger partial charge in [-0.2, -0.15) is 0 Å². The highest BCUT2D eigenvalue weighted by atomic mass is 16.5. The molecule has 0 amide bonds. The first-order valence-corrected chi connectivity index (χ1v) is 9.53. The van der Waals surface area contributed by atoms with E-state index in [-0.39, 0.29) is 6.04 Å². The fraction of sp³-hybridized carbons (Fsp3) is 0.333. The molecular weight excluding hydrogens is 352 g/mol. The molecule has 7 heteroatoms. The minimum absolute atomic E-state index is 0.254. The number of hydrogen-bond donors (Lipinski definition) is 3. The van der Waals surface area contributed by atoms with E-state index in [1.165, 1.54) is 11.1 Å². The summed E-state index contributed by atoms with van der Waals surface area (Å²) in [5.74, 6) is 3.16. The Balaban J connectivity index is 1.37. The highest BCUT2D eigenvalue weighted by Gasteiger charge is 2.28. The number of methoxy groups -OCH3 is 1. The van der Waals surface area contributed by atoms with E-state index in [0.717, 1.165) is 37.0 Å². The Bertz CT molecular complexity index is 925. The molecule has 2 atom stereocenters. The molecular formula is C21H26N6O. The monoisotopic (exact) mass is 378 g/mol. The normalized spacial score (nSPS) is 19.1. The van der Waals surface area contributed by atoms with E-state index in [1.807, 2.05) is 42.1 Å². The summed E-state index contributed by atoms with van der Waals surface area (Å²) in [4.78, 5) is 8.73. The van der Waals surface area contributed by atoms with Gasteiger partial charge in [0, 0.05) is 44.1 Å². The number of aryl methyl sites for hydroxylation is 1. The molecule has 2 aromatic heterocycles. The van der Waals surface area contributed by atoms with Crippen molar-refractivity contribution < 1.29 is 4.74 Å². The molecule has 1 aliphatic heterocycles. The van der Waals surface area contributed by atoms with Crippen LogP contribution < -0.4 is 20.9 Å². The minimum atomic E-state index is 0.254. The number of aromatic nitrogens is 3. The number of hydrazine groups is 1. The molecule has 0 spiro atoms. The maximum atomic E-state index is 5.36. The fourth-order valence-electron chi connectivity index (χ4n) is 3.64. The van der Waals surface area contributed by atoms with E-state index in [2.05, 4.69) is 44.3 Å². The third-order valence-electron chi connectivity index (χ3n) is 5.16. The Morgan fingerprint density at radius 3 is 2.96 bits per heavy atom. The average Bonchev–Trinajstić information content (AvgIpc) is 3.37. The first-order valence-electron chi connectivity index (χ1n) is 9.53. The first kappa shape index (κ1) is 18.6. The molecule has 0 radical (unpaired) electrons. The van der Waals surface area contributed by atoms with Crippen LogP contribution in [0.2, 0.25) is 0 Å². The zero-order chi connectivity index (χ0) is 19.3. The number of nitrogens with zero attached hydrogens (tertiary/aromatic N) is 3. The molecule has 7 nitrogen and oxygen atoms in total. The number of hydrogen-bond acceptors (Lipinski definition) is 6. The van der Waals surface area contributed by atoms with Gasteiger partial charge in [0.1, 0.15) is 17.4 Å². The fourth-order valence-corrected chi connectivity index (χ4v) is 3.64. The lowest BCUT2D eigenvalue weighted by atomic mass is 9.94. The van der Waals surface area contributed by atoms with Crippen molar-refractivity contribution in [3.05, 3.63) is 71.9 Å². The topological polar surface area (TPSA) is 76.0 Å². The van der Waals surface area contributed by atoms with Crippen molar-refractivity contribution in [3.8, 4) is 11.6 Å². The lowest BCUT2D eigenvalue weighted by Gasteiger charge is -2.20. The molecule has 1 aromatic carbocycles. The van der Waals surface area contributed by atoms with E-state index in [4.69, 9.17) is 4.74 Å².